The maximum atomic E-state index is 4.18. The van der Waals surface area contributed by atoms with Crippen molar-refractivity contribution in [3.8, 4) is 0 Å². The van der Waals surface area contributed by atoms with E-state index >= 15 is 0 Å². The molecule has 0 aliphatic carbocycles. The molecule has 0 aliphatic heterocycles. The fourth-order valence-electron chi connectivity index (χ4n) is 2.60. The zero-order valence-corrected chi connectivity index (χ0v) is 11.6. The van der Waals surface area contributed by atoms with Gasteiger partial charge in [0, 0.05) is 17.8 Å². The van der Waals surface area contributed by atoms with Crippen molar-refractivity contribution in [3.63, 3.8) is 0 Å². The molecule has 20 heavy (non-hydrogen) atoms. The molecule has 0 radical (unpaired) electrons. The molecule has 0 amide bonds. The van der Waals surface area contributed by atoms with Crippen molar-refractivity contribution in [1.82, 2.24) is 9.97 Å². The lowest BCUT2D eigenvalue weighted by Crippen LogP contribution is -2.06. The molecular formula is C18H18N2. The molecule has 2 heteroatoms. The number of nitrogens with one attached hydrogen (secondary N) is 1. The molecule has 1 aromatic heterocycles. The molecule has 1 N–H and O–H groups in total. The van der Waals surface area contributed by atoms with Gasteiger partial charge in [-0.3, -0.25) is 0 Å². The van der Waals surface area contributed by atoms with Gasteiger partial charge in [0.15, 0.2) is 0 Å². The van der Waals surface area contributed by atoms with Gasteiger partial charge < -0.3 is 4.98 Å². The Morgan fingerprint density at radius 3 is 2.60 bits per heavy atom. The summed E-state index contributed by atoms with van der Waals surface area (Å²) in [5.74, 6) is 0.319. The van der Waals surface area contributed by atoms with Crippen LogP contribution >= 0.6 is 0 Å². The predicted octanol–water partition coefficient (Wildman–Crippen LogP) is 4.09. The lowest BCUT2D eigenvalue weighted by Gasteiger charge is -2.16. The van der Waals surface area contributed by atoms with Crippen molar-refractivity contribution in [1.29, 1.82) is 0 Å². The average molecular weight is 262 g/mol. The Balaban J connectivity index is 1.97. The second kappa shape index (κ2) is 5.74. The third-order valence-electron chi connectivity index (χ3n) is 3.62. The topological polar surface area (TPSA) is 28.7 Å². The van der Waals surface area contributed by atoms with Gasteiger partial charge in [0.05, 0.1) is 6.33 Å². The molecule has 1 unspecified atom stereocenters. The highest BCUT2D eigenvalue weighted by Gasteiger charge is 2.16. The van der Waals surface area contributed by atoms with E-state index in [4.69, 9.17) is 0 Å². The number of nitrogens with zero attached hydrogens (tertiary/aromatic N) is 1. The van der Waals surface area contributed by atoms with Crippen LogP contribution in [0, 0.1) is 6.92 Å². The zero-order valence-electron chi connectivity index (χ0n) is 11.6. The molecule has 0 bridgehead atoms. The van der Waals surface area contributed by atoms with Crippen LogP contribution in [-0.4, -0.2) is 9.97 Å². The highest BCUT2D eigenvalue weighted by molar-refractivity contribution is 5.33. The minimum absolute atomic E-state index is 0.319. The number of hydrogen-bond acceptors (Lipinski definition) is 1. The number of aryl methyl sites for hydroxylation is 1. The Morgan fingerprint density at radius 2 is 1.90 bits per heavy atom. The molecule has 0 spiro atoms. The number of aromatic amines is 1. The lowest BCUT2D eigenvalue weighted by molar-refractivity contribution is 0.779. The first-order valence-electron chi connectivity index (χ1n) is 6.91. The molecule has 2 nitrogen and oxygen atoms in total. The quantitative estimate of drug-likeness (QED) is 0.753. The van der Waals surface area contributed by atoms with Crippen LogP contribution in [0.4, 0.5) is 0 Å². The number of imidazole rings is 1. The maximum absolute atomic E-state index is 4.18. The summed E-state index contributed by atoms with van der Waals surface area (Å²) in [6.07, 6.45) is 4.66. The normalized spacial score (nSPS) is 12.2. The third-order valence-corrected chi connectivity index (χ3v) is 3.62. The maximum Gasteiger partial charge on any atom is 0.0921 e. The standard InChI is InChI=1S/C18H18N2/c1-14-6-5-9-16(10-14)17(18-12-19-13-20-18)11-15-7-3-2-4-8-15/h2-10,12-13,17H,11H2,1H3,(H,19,20). The fraction of sp³-hybridized carbons (Fsp3) is 0.167. The summed E-state index contributed by atoms with van der Waals surface area (Å²) >= 11 is 0. The molecule has 1 heterocycles. The van der Waals surface area contributed by atoms with Gasteiger partial charge in [-0.05, 0) is 24.5 Å². The average Bonchev–Trinajstić information content (AvgIpc) is 3.00. The van der Waals surface area contributed by atoms with Gasteiger partial charge in [0.25, 0.3) is 0 Å². The van der Waals surface area contributed by atoms with Gasteiger partial charge in [0.1, 0.15) is 0 Å². The Labute approximate surface area is 119 Å². The summed E-state index contributed by atoms with van der Waals surface area (Å²) in [5, 5.41) is 0. The van der Waals surface area contributed by atoms with Gasteiger partial charge >= 0.3 is 0 Å². The van der Waals surface area contributed by atoms with E-state index in [1.54, 1.807) is 6.33 Å². The van der Waals surface area contributed by atoms with Crippen LogP contribution < -0.4 is 0 Å². The first-order valence-corrected chi connectivity index (χ1v) is 6.91. The van der Waals surface area contributed by atoms with E-state index in [1.165, 1.54) is 22.4 Å². The molecular weight excluding hydrogens is 244 g/mol. The van der Waals surface area contributed by atoms with Crippen LogP contribution in [0.15, 0.2) is 67.1 Å². The van der Waals surface area contributed by atoms with Crippen molar-refractivity contribution < 1.29 is 0 Å². The summed E-state index contributed by atoms with van der Waals surface area (Å²) in [5.41, 5.74) is 5.13. The fourth-order valence-corrected chi connectivity index (χ4v) is 2.60. The molecule has 3 rings (SSSR count). The van der Waals surface area contributed by atoms with E-state index in [0.29, 0.717) is 5.92 Å². The molecule has 0 saturated heterocycles. The molecule has 0 fully saturated rings. The third kappa shape index (κ3) is 2.80. The van der Waals surface area contributed by atoms with Crippen molar-refractivity contribution in [2.24, 2.45) is 0 Å². The van der Waals surface area contributed by atoms with Gasteiger partial charge in [0.2, 0.25) is 0 Å². The van der Waals surface area contributed by atoms with Crippen molar-refractivity contribution >= 4 is 0 Å². The zero-order chi connectivity index (χ0) is 13.8. The largest absolute Gasteiger partial charge is 0.348 e. The number of benzene rings is 2. The number of rotatable bonds is 4. The minimum atomic E-state index is 0.319. The Bertz CT molecular complexity index is 657. The van der Waals surface area contributed by atoms with E-state index in [2.05, 4.69) is 71.5 Å². The van der Waals surface area contributed by atoms with Crippen LogP contribution in [0.2, 0.25) is 0 Å². The number of aromatic nitrogens is 2. The van der Waals surface area contributed by atoms with E-state index < -0.39 is 0 Å². The Morgan fingerprint density at radius 1 is 1.05 bits per heavy atom. The monoisotopic (exact) mass is 262 g/mol. The summed E-state index contributed by atoms with van der Waals surface area (Å²) < 4.78 is 0. The van der Waals surface area contributed by atoms with Crippen LogP contribution in [-0.2, 0) is 6.42 Å². The second-order valence-electron chi connectivity index (χ2n) is 5.16. The van der Waals surface area contributed by atoms with E-state index in [-0.39, 0.29) is 0 Å². The molecule has 2 aromatic carbocycles. The molecule has 0 aliphatic rings. The van der Waals surface area contributed by atoms with Gasteiger partial charge in [-0.15, -0.1) is 0 Å². The van der Waals surface area contributed by atoms with Crippen LogP contribution in [0.3, 0.4) is 0 Å². The first-order chi connectivity index (χ1) is 9.83. The van der Waals surface area contributed by atoms with Gasteiger partial charge in [-0.2, -0.15) is 0 Å². The van der Waals surface area contributed by atoms with Crippen LogP contribution in [0.1, 0.15) is 28.3 Å². The molecule has 1 atom stereocenters. The Hall–Kier alpha value is -2.35. The number of hydrogen-bond donors (Lipinski definition) is 1. The van der Waals surface area contributed by atoms with Crippen LogP contribution in [0.25, 0.3) is 0 Å². The summed E-state index contributed by atoms with van der Waals surface area (Å²) in [6, 6.07) is 19.3. The smallest absolute Gasteiger partial charge is 0.0921 e. The molecule has 3 aromatic rings. The van der Waals surface area contributed by atoms with E-state index in [1.807, 2.05) is 6.20 Å². The summed E-state index contributed by atoms with van der Waals surface area (Å²) in [7, 11) is 0. The highest BCUT2D eigenvalue weighted by Crippen LogP contribution is 2.27. The Kier molecular flexibility index (Phi) is 3.64. The van der Waals surface area contributed by atoms with Crippen LogP contribution in [0.5, 0.6) is 0 Å². The van der Waals surface area contributed by atoms with Gasteiger partial charge in [-0.1, -0.05) is 60.2 Å². The SMILES string of the molecule is Cc1cccc(C(Cc2ccccc2)c2cnc[nH]2)c1. The second-order valence-corrected chi connectivity index (χ2v) is 5.16. The van der Waals surface area contributed by atoms with E-state index in [9.17, 15) is 0 Å². The van der Waals surface area contributed by atoms with Gasteiger partial charge in [-0.25, -0.2) is 4.98 Å². The molecule has 0 saturated carbocycles. The van der Waals surface area contributed by atoms with E-state index in [0.717, 1.165) is 6.42 Å². The first kappa shape index (κ1) is 12.7. The lowest BCUT2D eigenvalue weighted by atomic mass is 9.89. The summed E-state index contributed by atoms with van der Waals surface area (Å²) in [4.78, 5) is 7.44. The highest BCUT2D eigenvalue weighted by atomic mass is 14.9. The minimum Gasteiger partial charge on any atom is -0.348 e. The summed E-state index contributed by atoms with van der Waals surface area (Å²) in [6.45, 7) is 2.13. The molecule has 100 valence electrons. The van der Waals surface area contributed by atoms with Crippen molar-refractivity contribution in [3.05, 3.63) is 89.5 Å². The van der Waals surface area contributed by atoms with Crippen molar-refractivity contribution in [2.75, 3.05) is 0 Å². The van der Waals surface area contributed by atoms with Crippen molar-refractivity contribution in [2.45, 2.75) is 19.3 Å². The number of H-pyrrole nitrogens is 1. The predicted molar refractivity (Wildman–Crippen MR) is 81.8 cm³/mol.